The molecule has 0 radical (unpaired) electrons. The van der Waals surface area contributed by atoms with Crippen molar-refractivity contribution in [2.75, 3.05) is 13.7 Å². The van der Waals surface area contributed by atoms with E-state index in [-0.39, 0.29) is 24.5 Å². The summed E-state index contributed by atoms with van der Waals surface area (Å²) >= 11 is 0. The summed E-state index contributed by atoms with van der Waals surface area (Å²) in [6, 6.07) is 0.124. The van der Waals surface area contributed by atoms with Crippen LogP contribution < -0.4 is 5.32 Å². The lowest BCUT2D eigenvalue weighted by Gasteiger charge is -2.27. The SMILES string of the molecule is COC(=O)CNC1CCCC(C(=O)O)C1. The number of rotatable bonds is 4. The van der Waals surface area contributed by atoms with Gasteiger partial charge in [-0.05, 0) is 19.3 Å². The van der Waals surface area contributed by atoms with Gasteiger partial charge >= 0.3 is 11.9 Å². The number of hydrogen-bond acceptors (Lipinski definition) is 4. The molecular weight excluding hydrogens is 198 g/mol. The Balaban J connectivity index is 2.30. The molecule has 0 aromatic rings. The third-order valence-electron chi connectivity index (χ3n) is 2.79. The minimum Gasteiger partial charge on any atom is -0.481 e. The molecule has 5 heteroatoms. The molecule has 86 valence electrons. The molecule has 0 heterocycles. The number of ether oxygens (including phenoxy) is 1. The molecule has 1 fully saturated rings. The summed E-state index contributed by atoms with van der Waals surface area (Å²) in [5, 5.41) is 11.9. The van der Waals surface area contributed by atoms with Gasteiger partial charge in [-0.3, -0.25) is 9.59 Å². The van der Waals surface area contributed by atoms with Crippen LogP contribution in [0.4, 0.5) is 0 Å². The maximum atomic E-state index is 10.9. The molecule has 2 atom stereocenters. The van der Waals surface area contributed by atoms with E-state index in [0.717, 1.165) is 19.3 Å². The highest BCUT2D eigenvalue weighted by atomic mass is 16.5. The smallest absolute Gasteiger partial charge is 0.319 e. The summed E-state index contributed by atoms with van der Waals surface area (Å²) < 4.78 is 4.50. The molecule has 1 aliphatic rings. The van der Waals surface area contributed by atoms with Gasteiger partial charge in [-0.15, -0.1) is 0 Å². The maximum absolute atomic E-state index is 10.9. The molecule has 5 nitrogen and oxygen atoms in total. The van der Waals surface area contributed by atoms with Gasteiger partial charge in [0.1, 0.15) is 0 Å². The molecule has 0 aliphatic heterocycles. The Morgan fingerprint density at radius 3 is 2.80 bits per heavy atom. The second kappa shape index (κ2) is 5.70. The van der Waals surface area contributed by atoms with Crippen LogP contribution >= 0.6 is 0 Å². The van der Waals surface area contributed by atoms with Crippen molar-refractivity contribution < 1.29 is 19.4 Å². The first-order chi connectivity index (χ1) is 7.13. The van der Waals surface area contributed by atoms with Crippen molar-refractivity contribution in [2.24, 2.45) is 5.92 Å². The molecule has 1 aliphatic carbocycles. The fraction of sp³-hybridized carbons (Fsp3) is 0.800. The van der Waals surface area contributed by atoms with Crippen LogP contribution in [-0.2, 0) is 14.3 Å². The normalized spacial score (nSPS) is 25.9. The van der Waals surface area contributed by atoms with Gasteiger partial charge in [0.15, 0.2) is 0 Å². The van der Waals surface area contributed by atoms with E-state index in [1.54, 1.807) is 0 Å². The Labute approximate surface area is 88.8 Å². The van der Waals surface area contributed by atoms with E-state index >= 15 is 0 Å². The number of hydrogen-bond donors (Lipinski definition) is 2. The average Bonchev–Trinajstić information content (AvgIpc) is 2.26. The van der Waals surface area contributed by atoms with Gasteiger partial charge in [0, 0.05) is 6.04 Å². The van der Waals surface area contributed by atoms with Crippen molar-refractivity contribution in [1.82, 2.24) is 5.32 Å². The zero-order chi connectivity index (χ0) is 11.3. The van der Waals surface area contributed by atoms with Gasteiger partial charge in [-0.2, -0.15) is 0 Å². The van der Waals surface area contributed by atoms with E-state index in [4.69, 9.17) is 5.11 Å². The second-order valence-electron chi connectivity index (χ2n) is 3.86. The standard InChI is InChI=1S/C10H17NO4/c1-15-9(12)6-11-8-4-2-3-7(5-8)10(13)14/h7-8,11H,2-6H2,1H3,(H,13,14). The monoisotopic (exact) mass is 215 g/mol. The van der Waals surface area contributed by atoms with Crippen molar-refractivity contribution in [3.63, 3.8) is 0 Å². The summed E-state index contributed by atoms with van der Waals surface area (Å²) in [4.78, 5) is 21.6. The lowest BCUT2D eigenvalue weighted by molar-refractivity contribution is -0.143. The third kappa shape index (κ3) is 3.87. The lowest BCUT2D eigenvalue weighted by atomic mass is 9.86. The van der Waals surface area contributed by atoms with Crippen molar-refractivity contribution in [2.45, 2.75) is 31.7 Å². The van der Waals surface area contributed by atoms with Gasteiger partial charge in [-0.25, -0.2) is 0 Å². The zero-order valence-electron chi connectivity index (χ0n) is 8.86. The van der Waals surface area contributed by atoms with Crippen molar-refractivity contribution >= 4 is 11.9 Å². The molecule has 15 heavy (non-hydrogen) atoms. The van der Waals surface area contributed by atoms with E-state index in [0.29, 0.717) is 6.42 Å². The fourth-order valence-corrected chi connectivity index (χ4v) is 1.90. The first-order valence-electron chi connectivity index (χ1n) is 5.16. The van der Waals surface area contributed by atoms with Gasteiger partial charge in [0.2, 0.25) is 0 Å². The van der Waals surface area contributed by atoms with Crippen molar-refractivity contribution in [3.8, 4) is 0 Å². The van der Waals surface area contributed by atoms with Crippen LogP contribution in [-0.4, -0.2) is 36.7 Å². The maximum Gasteiger partial charge on any atom is 0.319 e. The van der Waals surface area contributed by atoms with E-state index in [1.807, 2.05) is 0 Å². The molecule has 1 saturated carbocycles. The van der Waals surface area contributed by atoms with Crippen LogP contribution in [0.15, 0.2) is 0 Å². The highest BCUT2D eigenvalue weighted by molar-refractivity contribution is 5.71. The number of methoxy groups -OCH3 is 1. The topological polar surface area (TPSA) is 75.6 Å². The van der Waals surface area contributed by atoms with E-state index < -0.39 is 5.97 Å². The molecule has 1 rings (SSSR count). The third-order valence-corrected chi connectivity index (χ3v) is 2.79. The molecule has 0 amide bonds. The lowest BCUT2D eigenvalue weighted by Crippen LogP contribution is -2.39. The number of nitrogens with one attached hydrogen (secondary N) is 1. The minimum atomic E-state index is -0.737. The highest BCUT2D eigenvalue weighted by Crippen LogP contribution is 2.24. The minimum absolute atomic E-state index is 0.124. The van der Waals surface area contributed by atoms with Crippen LogP contribution in [0.3, 0.4) is 0 Å². The predicted octanol–water partition coefficient (Wildman–Crippen LogP) is 0.392. The molecular formula is C10H17NO4. The zero-order valence-corrected chi connectivity index (χ0v) is 8.86. The molecule has 2 unspecified atom stereocenters. The van der Waals surface area contributed by atoms with E-state index in [9.17, 15) is 9.59 Å². The summed E-state index contributed by atoms with van der Waals surface area (Å²) in [5.41, 5.74) is 0. The number of carboxylic acid groups (broad SMARTS) is 1. The molecule has 0 spiro atoms. The number of carbonyl (C=O) groups excluding carboxylic acids is 1. The first-order valence-corrected chi connectivity index (χ1v) is 5.16. The van der Waals surface area contributed by atoms with Crippen molar-refractivity contribution in [1.29, 1.82) is 0 Å². The summed E-state index contributed by atoms with van der Waals surface area (Å²) in [5.74, 6) is -1.32. The summed E-state index contributed by atoms with van der Waals surface area (Å²) in [6.45, 7) is 0.160. The van der Waals surface area contributed by atoms with Crippen LogP contribution in [0.25, 0.3) is 0 Å². The number of carbonyl (C=O) groups is 2. The largest absolute Gasteiger partial charge is 0.481 e. The van der Waals surface area contributed by atoms with Crippen LogP contribution in [0.2, 0.25) is 0 Å². The summed E-state index contributed by atoms with van der Waals surface area (Å²) in [6.07, 6.45) is 3.18. The quantitative estimate of drug-likeness (QED) is 0.663. The second-order valence-corrected chi connectivity index (χ2v) is 3.86. The molecule has 2 N–H and O–H groups in total. The number of aliphatic carboxylic acids is 1. The Morgan fingerprint density at radius 2 is 2.20 bits per heavy atom. The number of carboxylic acids is 1. The van der Waals surface area contributed by atoms with Crippen molar-refractivity contribution in [3.05, 3.63) is 0 Å². The molecule has 0 bridgehead atoms. The predicted molar refractivity (Wildman–Crippen MR) is 53.4 cm³/mol. The average molecular weight is 215 g/mol. The molecule has 0 saturated heterocycles. The Morgan fingerprint density at radius 1 is 1.47 bits per heavy atom. The van der Waals surface area contributed by atoms with Crippen LogP contribution in [0, 0.1) is 5.92 Å². The molecule has 0 aromatic carbocycles. The highest BCUT2D eigenvalue weighted by Gasteiger charge is 2.26. The van der Waals surface area contributed by atoms with Gasteiger partial charge in [0.05, 0.1) is 19.6 Å². The fourth-order valence-electron chi connectivity index (χ4n) is 1.90. The van der Waals surface area contributed by atoms with Gasteiger partial charge in [0.25, 0.3) is 0 Å². The summed E-state index contributed by atoms with van der Waals surface area (Å²) in [7, 11) is 1.34. The first kappa shape index (κ1) is 12.0. The van der Waals surface area contributed by atoms with Gasteiger partial charge < -0.3 is 15.2 Å². The van der Waals surface area contributed by atoms with Crippen LogP contribution in [0.1, 0.15) is 25.7 Å². The van der Waals surface area contributed by atoms with E-state index in [1.165, 1.54) is 7.11 Å². The molecule has 0 aromatic heterocycles. The van der Waals surface area contributed by atoms with E-state index in [2.05, 4.69) is 10.1 Å². The Bertz CT molecular complexity index is 242. The Hall–Kier alpha value is -1.10. The van der Waals surface area contributed by atoms with Crippen LogP contribution in [0.5, 0.6) is 0 Å². The number of esters is 1. The Kier molecular flexibility index (Phi) is 4.55. The van der Waals surface area contributed by atoms with Gasteiger partial charge in [-0.1, -0.05) is 6.42 Å².